The Labute approximate surface area is 129 Å². The van der Waals surface area contributed by atoms with Gasteiger partial charge in [0.25, 0.3) is 5.91 Å². The molecule has 0 atom stereocenters. The van der Waals surface area contributed by atoms with Crippen molar-refractivity contribution < 1.29 is 4.79 Å². The summed E-state index contributed by atoms with van der Waals surface area (Å²) in [4.78, 5) is 14.5. The first-order valence-electron chi connectivity index (χ1n) is 7.47. The Kier molecular flexibility index (Phi) is 4.25. The highest BCUT2D eigenvalue weighted by molar-refractivity contribution is 7.14. The van der Waals surface area contributed by atoms with Crippen molar-refractivity contribution in [1.82, 2.24) is 5.32 Å². The first-order valence-corrected chi connectivity index (χ1v) is 8.29. The summed E-state index contributed by atoms with van der Waals surface area (Å²) in [5.41, 5.74) is 8.95. The number of nitrogen functional groups attached to an aromatic ring is 1. The third-order valence-corrected chi connectivity index (χ3v) is 5.20. The average molecular weight is 300 g/mol. The Morgan fingerprint density at radius 1 is 1.19 bits per heavy atom. The number of hydrogen-bond acceptors (Lipinski definition) is 3. The summed E-state index contributed by atoms with van der Waals surface area (Å²) in [7, 11) is 0. The molecular weight excluding hydrogens is 280 g/mol. The Balaban J connectivity index is 1.67. The molecule has 0 radical (unpaired) electrons. The molecule has 1 amide bonds. The molecule has 1 aromatic carbocycles. The Morgan fingerprint density at radius 2 is 2.00 bits per heavy atom. The van der Waals surface area contributed by atoms with Crippen LogP contribution in [0.15, 0.2) is 30.3 Å². The zero-order valence-electron chi connectivity index (χ0n) is 12.0. The topological polar surface area (TPSA) is 55.1 Å². The zero-order valence-corrected chi connectivity index (χ0v) is 12.8. The molecule has 0 fully saturated rings. The lowest BCUT2D eigenvalue weighted by Gasteiger charge is -2.06. The molecule has 110 valence electrons. The fourth-order valence-corrected chi connectivity index (χ4v) is 3.91. The van der Waals surface area contributed by atoms with Gasteiger partial charge in [0.1, 0.15) is 0 Å². The minimum Gasteiger partial charge on any atom is -0.398 e. The van der Waals surface area contributed by atoms with E-state index in [0.717, 1.165) is 29.0 Å². The van der Waals surface area contributed by atoms with Crippen LogP contribution in [0.1, 0.15) is 44.9 Å². The highest BCUT2D eigenvalue weighted by Crippen LogP contribution is 2.29. The molecule has 0 saturated carbocycles. The number of hydrogen-bond donors (Lipinski definition) is 2. The molecule has 21 heavy (non-hydrogen) atoms. The molecular formula is C17H20N2OS. The molecule has 4 heteroatoms. The van der Waals surface area contributed by atoms with E-state index in [2.05, 4.69) is 11.4 Å². The van der Waals surface area contributed by atoms with E-state index in [1.807, 2.05) is 24.3 Å². The van der Waals surface area contributed by atoms with Crippen LogP contribution in [0.3, 0.4) is 0 Å². The van der Waals surface area contributed by atoms with Crippen LogP contribution in [0.4, 0.5) is 5.69 Å². The van der Waals surface area contributed by atoms with Crippen molar-refractivity contribution >= 4 is 22.9 Å². The fraction of sp³-hybridized carbons (Fsp3) is 0.353. The molecule has 0 saturated heterocycles. The summed E-state index contributed by atoms with van der Waals surface area (Å²) >= 11 is 1.65. The number of carbonyl (C=O) groups is 1. The van der Waals surface area contributed by atoms with E-state index in [1.165, 1.54) is 29.7 Å². The summed E-state index contributed by atoms with van der Waals surface area (Å²) in [6, 6.07) is 9.71. The molecule has 3 rings (SSSR count). The predicted molar refractivity (Wildman–Crippen MR) is 87.6 cm³/mol. The van der Waals surface area contributed by atoms with Gasteiger partial charge >= 0.3 is 0 Å². The van der Waals surface area contributed by atoms with Gasteiger partial charge < -0.3 is 11.1 Å². The lowest BCUT2D eigenvalue weighted by Crippen LogP contribution is -2.22. The number of nitrogens with two attached hydrogens (primary N) is 1. The van der Waals surface area contributed by atoms with Crippen molar-refractivity contribution in [1.29, 1.82) is 0 Å². The van der Waals surface area contributed by atoms with E-state index < -0.39 is 0 Å². The van der Waals surface area contributed by atoms with Crippen LogP contribution in [0.5, 0.6) is 0 Å². The number of fused-ring (bicyclic) bond motifs is 1. The van der Waals surface area contributed by atoms with Gasteiger partial charge in [0.05, 0.1) is 4.88 Å². The molecule has 0 aliphatic heterocycles. The Morgan fingerprint density at radius 3 is 2.86 bits per heavy atom. The van der Waals surface area contributed by atoms with Gasteiger partial charge in [0, 0.05) is 17.1 Å². The van der Waals surface area contributed by atoms with E-state index in [0.29, 0.717) is 6.54 Å². The Bertz CT molecular complexity index is 624. The van der Waals surface area contributed by atoms with Crippen molar-refractivity contribution in [2.45, 2.75) is 38.6 Å². The van der Waals surface area contributed by atoms with Gasteiger partial charge in [-0.05, 0) is 48.9 Å². The normalized spacial score (nSPS) is 14.3. The molecule has 1 aromatic heterocycles. The minimum absolute atomic E-state index is 0.0105. The van der Waals surface area contributed by atoms with Crippen LogP contribution < -0.4 is 11.1 Å². The quantitative estimate of drug-likeness (QED) is 0.673. The molecule has 1 aliphatic rings. The number of aryl methyl sites for hydroxylation is 2. The molecule has 3 nitrogen and oxygen atoms in total. The summed E-state index contributed by atoms with van der Waals surface area (Å²) in [6.45, 7) is 0.480. The van der Waals surface area contributed by atoms with Crippen molar-refractivity contribution in [3.05, 3.63) is 51.2 Å². The smallest absolute Gasteiger partial charge is 0.261 e. The van der Waals surface area contributed by atoms with E-state index in [-0.39, 0.29) is 5.91 Å². The third kappa shape index (κ3) is 3.27. The summed E-state index contributed by atoms with van der Waals surface area (Å²) < 4.78 is 0. The highest BCUT2D eigenvalue weighted by Gasteiger charge is 2.16. The zero-order chi connectivity index (χ0) is 14.7. The average Bonchev–Trinajstić information content (AvgIpc) is 2.77. The number of benzene rings is 1. The second-order valence-electron chi connectivity index (χ2n) is 5.50. The van der Waals surface area contributed by atoms with Gasteiger partial charge in [-0.1, -0.05) is 24.6 Å². The largest absolute Gasteiger partial charge is 0.398 e. The van der Waals surface area contributed by atoms with E-state index in [9.17, 15) is 4.79 Å². The van der Waals surface area contributed by atoms with Gasteiger partial charge in [0.2, 0.25) is 0 Å². The Hall–Kier alpha value is -1.81. The van der Waals surface area contributed by atoms with Crippen LogP contribution in [0.25, 0.3) is 0 Å². The lowest BCUT2D eigenvalue weighted by atomic mass is 10.1. The second-order valence-corrected chi connectivity index (χ2v) is 6.64. The first-order chi connectivity index (χ1) is 10.2. The summed E-state index contributed by atoms with van der Waals surface area (Å²) in [6.07, 6.45) is 6.03. The van der Waals surface area contributed by atoms with Crippen LogP contribution in [-0.2, 0) is 19.4 Å². The minimum atomic E-state index is 0.0105. The molecule has 3 N–H and O–H groups in total. The van der Waals surface area contributed by atoms with Crippen LogP contribution in [-0.4, -0.2) is 5.91 Å². The summed E-state index contributed by atoms with van der Waals surface area (Å²) in [5, 5.41) is 2.97. The van der Waals surface area contributed by atoms with Crippen molar-refractivity contribution in [3.63, 3.8) is 0 Å². The number of thiophene rings is 1. The van der Waals surface area contributed by atoms with Gasteiger partial charge in [-0.2, -0.15) is 0 Å². The van der Waals surface area contributed by atoms with Crippen LogP contribution in [0.2, 0.25) is 0 Å². The molecule has 2 aromatic rings. The van der Waals surface area contributed by atoms with Crippen molar-refractivity contribution in [2.24, 2.45) is 0 Å². The maximum atomic E-state index is 12.3. The molecule has 1 aliphatic carbocycles. The van der Waals surface area contributed by atoms with E-state index in [1.54, 1.807) is 11.3 Å². The number of carbonyl (C=O) groups excluding carboxylic acids is 1. The van der Waals surface area contributed by atoms with Crippen molar-refractivity contribution in [3.8, 4) is 0 Å². The SMILES string of the molecule is Nc1ccccc1CNC(=O)c1cc2c(s1)CCCCC2. The predicted octanol–water partition coefficient (Wildman–Crippen LogP) is 3.53. The number of para-hydroxylation sites is 1. The third-order valence-electron chi connectivity index (χ3n) is 3.96. The molecule has 0 bridgehead atoms. The number of anilines is 1. The molecule has 0 spiro atoms. The van der Waals surface area contributed by atoms with E-state index in [4.69, 9.17) is 5.73 Å². The van der Waals surface area contributed by atoms with Gasteiger partial charge in [0.15, 0.2) is 0 Å². The standard InChI is InChI=1S/C17H20N2OS/c18-14-8-5-4-7-13(14)11-19-17(20)16-10-12-6-2-1-3-9-15(12)21-16/h4-5,7-8,10H,1-3,6,9,11,18H2,(H,19,20). The lowest BCUT2D eigenvalue weighted by molar-refractivity contribution is 0.0955. The first kappa shape index (κ1) is 14.1. The molecule has 0 unspecified atom stereocenters. The maximum absolute atomic E-state index is 12.3. The number of nitrogens with one attached hydrogen (secondary N) is 1. The second kappa shape index (κ2) is 6.31. The van der Waals surface area contributed by atoms with Gasteiger partial charge in [-0.15, -0.1) is 11.3 Å². The van der Waals surface area contributed by atoms with Gasteiger partial charge in [-0.25, -0.2) is 0 Å². The fourth-order valence-electron chi connectivity index (χ4n) is 2.74. The van der Waals surface area contributed by atoms with Gasteiger partial charge in [-0.3, -0.25) is 4.79 Å². The molecule has 1 heterocycles. The van der Waals surface area contributed by atoms with E-state index >= 15 is 0 Å². The van der Waals surface area contributed by atoms with Crippen molar-refractivity contribution in [2.75, 3.05) is 5.73 Å². The highest BCUT2D eigenvalue weighted by atomic mass is 32.1. The van der Waals surface area contributed by atoms with Crippen LogP contribution in [0, 0.1) is 0 Å². The van der Waals surface area contributed by atoms with Crippen LogP contribution >= 0.6 is 11.3 Å². The monoisotopic (exact) mass is 300 g/mol. The summed E-state index contributed by atoms with van der Waals surface area (Å²) in [5.74, 6) is 0.0105. The maximum Gasteiger partial charge on any atom is 0.261 e. The number of amides is 1. The number of rotatable bonds is 3.